The predicted octanol–water partition coefficient (Wildman–Crippen LogP) is 0.00840. The maximum absolute atomic E-state index is 10.5. The Hall–Kier alpha value is -1.46. The van der Waals surface area contributed by atoms with Gasteiger partial charge in [0.15, 0.2) is 6.29 Å². The van der Waals surface area contributed by atoms with E-state index in [1.165, 1.54) is 0 Å². The van der Waals surface area contributed by atoms with Crippen LogP contribution in [0.1, 0.15) is 10.4 Å². The van der Waals surface area contributed by atoms with Crippen LogP contribution in [0.3, 0.4) is 0 Å². The number of aliphatic hydroxyl groups excluding tert-OH is 1. The highest BCUT2D eigenvalue weighted by atomic mass is 16.3. The molecule has 1 saturated heterocycles. The highest BCUT2D eigenvalue weighted by Crippen LogP contribution is 2.13. The van der Waals surface area contributed by atoms with E-state index >= 15 is 0 Å². The number of nitrogens with zero attached hydrogens (tertiary/aromatic N) is 3. The van der Waals surface area contributed by atoms with Crippen LogP contribution < -0.4 is 4.90 Å². The van der Waals surface area contributed by atoms with Gasteiger partial charge in [0.05, 0.1) is 6.61 Å². The number of aliphatic hydroxyl groups is 1. The molecule has 1 aliphatic rings. The number of rotatable bonds is 4. The number of hydrogen-bond donors (Lipinski definition) is 1. The van der Waals surface area contributed by atoms with Gasteiger partial charge in [-0.05, 0) is 12.1 Å². The molecule has 2 rings (SSSR count). The van der Waals surface area contributed by atoms with E-state index in [2.05, 4.69) is 14.8 Å². The molecule has 92 valence electrons. The molecule has 0 aromatic carbocycles. The summed E-state index contributed by atoms with van der Waals surface area (Å²) in [5.41, 5.74) is 0.604. The topological polar surface area (TPSA) is 56.7 Å². The van der Waals surface area contributed by atoms with E-state index in [9.17, 15) is 4.79 Å². The SMILES string of the molecule is O=Cc1ccc(N2CCN(CCO)CC2)nc1. The molecular weight excluding hydrogens is 218 g/mol. The Morgan fingerprint density at radius 1 is 1.29 bits per heavy atom. The summed E-state index contributed by atoms with van der Waals surface area (Å²) in [4.78, 5) is 19.2. The third kappa shape index (κ3) is 3.01. The van der Waals surface area contributed by atoms with Crippen molar-refractivity contribution in [3.05, 3.63) is 23.9 Å². The lowest BCUT2D eigenvalue weighted by atomic mass is 10.2. The summed E-state index contributed by atoms with van der Waals surface area (Å²) < 4.78 is 0. The summed E-state index contributed by atoms with van der Waals surface area (Å²) in [6.07, 6.45) is 2.40. The number of pyridine rings is 1. The summed E-state index contributed by atoms with van der Waals surface area (Å²) in [7, 11) is 0. The molecule has 1 N–H and O–H groups in total. The second-order valence-corrected chi connectivity index (χ2v) is 4.12. The number of carbonyl (C=O) groups excluding carboxylic acids is 1. The number of aromatic nitrogens is 1. The van der Waals surface area contributed by atoms with Gasteiger partial charge < -0.3 is 10.0 Å². The van der Waals surface area contributed by atoms with Crippen molar-refractivity contribution >= 4 is 12.1 Å². The van der Waals surface area contributed by atoms with Crippen LogP contribution in [-0.2, 0) is 0 Å². The summed E-state index contributed by atoms with van der Waals surface area (Å²) in [5.74, 6) is 0.916. The van der Waals surface area contributed by atoms with Gasteiger partial charge in [-0.1, -0.05) is 0 Å². The van der Waals surface area contributed by atoms with Crippen molar-refractivity contribution in [3.63, 3.8) is 0 Å². The van der Waals surface area contributed by atoms with Crippen LogP contribution in [-0.4, -0.2) is 60.6 Å². The van der Waals surface area contributed by atoms with Crippen molar-refractivity contribution in [1.82, 2.24) is 9.88 Å². The van der Waals surface area contributed by atoms with E-state index in [4.69, 9.17) is 5.11 Å². The molecule has 0 aliphatic carbocycles. The highest BCUT2D eigenvalue weighted by Gasteiger charge is 2.17. The normalized spacial score (nSPS) is 17.1. The Bertz CT molecular complexity index is 359. The molecule has 2 heterocycles. The molecule has 1 aromatic rings. The Balaban J connectivity index is 1.93. The lowest BCUT2D eigenvalue weighted by Crippen LogP contribution is -2.47. The number of carbonyl (C=O) groups is 1. The highest BCUT2D eigenvalue weighted by molar-refractivity contribution is 5.74. The molecule has 0 saturated carbocycles. The largest absolute Gasteiger partial charge is 0.395 e. The van der Waals surface area contributed by atoms with E-state index in [-0.39, 0.29) is 6.61 Å². The lowest BCUT2D eigenvalue weighted by Gasteiger charge is -2.35. The van der Waals surface area contributed by atoms with Gasteiger partial charge in [-0.25, -0.2) is 4.98 Å². The lowest BCUT2D eigenvalue weighted by molar-refractivity contribution is 0.112. The molecule has 1 aliphatic heterocycles. The van der Waals surface area contributed by atoms with Crippen molar-refractivity contribution in [2.75, 3.05) is 44.2 Å². The Morgan fingerprint density at radius 3 is 2.59 bits per heavy atom. The molecule has 1 fully saturated rings. The maximum atomic E-state index is 10.5. The van der Waals surface area contributed by atoms with Crippen molar-refractivity contribution in [3.8, 4) is 0 Å². The van der Waals surface area contributed by atoms with Crippen LogP contribution in [0.15, 0.2) is 18.3 Å². The summed E-state index contributed by atoms with van der Waals surface area (Å²) in [6.45, 7) is 4.66. The Morgan fingerprint density at radius 2 is 2.06 bits per heavy atom. The molecule has 0 unspecified atom stereocenters. The van der Waals surface area contributed by atoms with Gasteiger partial charge in [-0.2, -0.15) is 0 Å². The fraction of sp³-hybridized carbons (Fsp3) is 0.500. The fourth-order valence-electron chi connectivity index (χ4n) is 2.00. The van der Waals surface area contributed by atoms with E-state index in [0.717, 1.165) is 44.8 Å². The van der Waals surface area contributed by atoms with Crippen LogP contribution in [0.2, 0.25) is 0 Å². The van der Waals surface area contributed by atoms with Gasteiger partial charge in [0.25, 0.3) is 0 Å². The maximum Gasteiger partial charge on any atom is 0.151 e. The Labute approximate surface area is 101 Å². The standard InChI is InChI=1S/C12H17N3O2/c16-8-7-14-3-5-15(6-4-14)12-2-1-11(10-17)9-13-12/h1-2,9-10,16H,3-8H2. The molecule has 5 nitrogen and oxygen atoms in total. The zero-order chi connectivity index (χ0) is 12.1. The van der Waals surface area contributed by atoms with Crippen molar-refractivity contribution in [1.29, 1.82) is 0 Å². The number of hydrogen-bond acceptors (Lipinski definition) is 5. The van der Waals surface area contributed by atoms with Gasteiger partial charge in [-0.3, -0.25) is 9.69 Å². The molecule has 5 heteroatoms. The van der Waals surface area contributed by atoms with E-state index in [1.807, 2.05) is 6.07 Å². The third-order valence-electron chi connectivity index (χ3n) is 3.02. The minimum Gasteiger partial charge on any atom is -0.395 e. The molecule has 0 amide bonds. The minimum absolute atomic E-state index is 0.215. The third-order valence-corrected chi connectivity index (χ3v) is 3.02. The first kappa shape index (κ1) is 12.0. The fourth-order valence-corrected chi connectivity index (χ4v) is 2.00. The average molecular weight is 235 g/mol. The second kappa shape index (κ2) is 5.75. The first-order valence-corrected chi connectivity index (χ1v) is 5.83. The first-order chi connectivity index (χ1) is 8.33. The summed E-state index contributed by atoms with van der Waals surface area (Å²) >= 11 is 0. The second-order valence-electron chi connectivity index (χ2n) is 4.12. The van der Waals surface area contributed by atoms with Gasteiger partial charge in [0.1, 0.15) is 5.82 Å². The van der Waals surface area contributed by atoms with Crippen molar-refractivity contribution in [2.45, 2.75) is 0 Å². The zero-order valence-electron chi connectivity index (χ0n) is 9.75. The van der Waals surface area contributed by atoms with E-state index in [1.54, 1.807) is 12.3 Å². The summed E-state index contributed by atoms with van der Waals surface area (Å²) in [5, 5.41) is 8.86. The summed E-state index contributed by atoms with van der Waals surface area (Å²) in [6, 6.07) is 3.67. The van der Waals surface area contributed by atoms with Gasteiger partial charge in [0, 0.05) is 44.5 Å². The van der Waals surface area contributed by atoms with Gasteiger partial charge in [0.2, 0.25) is 0 Å². The van der Waals surface area contributed by atoms with Crippen LogP contribution >= 0.6 is 0 Å². The molecule has 1 aromatic heterocycles. The monoisotopic (exact) mass is 235 g/mol. The zero-order valence-corrected chi connectivity index (χ0v) is 9.75. The number of β-amino-alcohol motifs (C(OH)–C–C–N with tert-alkyl or cyclic N) is 1. The number of aldehydes is 1. The number of anilines is 1. The van der Waals surface area contributed by atoms with E-state index < -0.39 is 0 Å². The molecule has 17 heavy (non-hydrogen) atoms. The number of piperazine rings is 1. The van der Waals surface area contributed by atoms with Crippen LogP contribution in [0, 0.1) is 0 Å². The van der Waals surface area contributed by atoms with E-state index in [0.29, 0.717) is 5.56 Å². The first-order valence-electron chi connectivity index (χ1n) is 5.83. The van der Waals surface area contributed by atoms with Crippen LogP contribution in [0.4, 0.5) is 5.82 Å². The molecule has 0 spiro atoms. The van der Waals surface area contributed by atoms with Crippen LogP contribution in [0.25, 0.3) is 0 Å². The minimum atomic E-state index is 0.215. The van der Waals surface area contributed by atoms with Gasteiger partial charge >= 0.3 is 0 Å². The molecular formula is C12H17N3O2. The van der Waals surface area contributed by atoms with Crippen molar-refractivity contribution < 1.29 is 9.90 Å². The Kier molecular flexibility index (Phi) is 4.06. The average Bonchev–Trinajstić information content (AvgIpc) is 2.40. The molecule has 0 atom stereocenters. The predicted molar refractivity (Wildman–Crippen MR) is 65.4 cm³/mol. The quantitative estimate of drug-likeness (QED) is 0.745. The molecule has 0 radical (unpaired) electrons. The smallest absolute Gasteiger partial charge is 0.151 e. The van der Waals surface area contributed by atoms with Crippen LogP contribution in [0.5, 0.6) is 0 Å². The van der Waals surface area contributed by atoms with Crippen molar-refractivity contribution in [2.24, 2.45) is 0 Å². The molecule has 0 bridgehead atoms. The van der Waals surface area contributed by atoms with Gasteiger partial charge in [-0.15, -0.1) is 0 Å².